The summed E-state index contributed by atoms with van der Waals surface area (Å²) in [5, 5.41) is 3.44. The van der Waals surface area contributed by atoms with Gasteiger partial charge >= 0.3 is 0 Å². The molecular weight excluding hydrogens is 428 g/mol. The fourth-order valence-electron chi connectivity index (χ4n) is 1.96. The van der Waals surface area contributed by atoms with Crippen molar-refractivity contribution in [1.29, 1.82) is 0 Å². The molecule has 0 aliphatic carbocycles. The topological polar surface area (TPSA) is 12.0 Å². The fraction of sp³-hybridized carbons (Fsp3) is 0.286. The molecule has 0 saturated carbocycles. The molecule has 1 N–H and O–H groups in total. The molecule has 2 rings (SSSR count). The molecule has 20 heavy (non-hydrogen) atoms. The zero-order chi connectivity index (χ0) is 14.9. The number of aryl methyl sites for hydroxylation is 1. The van der Waals surface area contributed by atoms with Gasteiger partial charge in [0, 0.05) is 14.9 Å². The zero-order valence-electron chi connectivity index (χ0n) is 10.9. The van der Waals surface area contributed by atoms with Gasteiger partial charge < -0.3 is 5.32 Å². The molecule has 1 aromatic heterocycles. The van der Waals surface area contributed by atoms with Crippen LogP contribution in [-0.2, 0) is 0 Å². The van der Waals surface area contributed by atoms with E-state index >= 15 is 0 Å². The van der Waals surface area contributed by atoms with Crippen LogP contribution >= 0.6 is 54.8 Å². The zero-order valence-corrected chi connectivity index (χ0v) is 15.7. The average Bonchev–Trinajstić information content (AvgIpc) is 2.74. The summed E-state index contributed by atoms with van der Waals surface area (Å²) < 4.78 is 16.1. The Morgan fingerprint density at radius 3 is 2.65 bits per heavy atom. The summed E-state index contributed by atoms with van der Waals surface area (Å²) in [7, 11) is 0. The predicted molar refractivity (Wildman–Crippen MR) is 91.4 cm³/mol. The van der Waals surface area contributed by atoms with Gasteiger partial charge in [-0.25, -0.2) is 4.39 Å². The van der Waals surface area contributed by atoms with Gasteiger partial charge in [-0.1, -0.05) is 24.6 Å². The summed E-state index contributed by atoms with van der Waals surface area (Å²) >= 11 is 14.4. The van der Waals surface area contributed by atoms with Crippen LogP contribution in [0.1, 0.15) is 29.0 Å². The molecule has 108 valence electrons. The highest BCUT2D eigenvalue weighted by Crippen LogP contribution is 2.37. The number of thiophene rings is 1. The van der Waals surface area contributed by atoms with Crippen molar-refractivity contribution in [2.45, 2.75) is 19.9 Å². The second kappa shape index (κ2) is 6.88. The normalized spacial score (nSPS) is 12.7. The highest BCUT2D eigenvalue weighted by Gasteiger charge is 2.22. The molecule has 0 aliphatic rings. The SMILES string of the molecule is CCNC(c1cc(C)c(Br)s1)c1ccc(Br)c(Cl)c1F. The first-order valence-corrected chi connectivity index (χ1v) is 8.86. The second-order valence-corrected chi connectivity index (χ2v) is 7.99. The Kier molecular flexibility index (Phi) is 5.65. The summed E-state index contributed by atoms with van der Waals surface area (Å²) in [6.45, 7) is 4.77. The van der Waals surface area contributed by atoms with Crippen molar-refractivity contribution in [1.82, 2.24) is 5.32 Å². The third-order valence-corrected chi connectivity index (χ3v) is 6.41. The van der Waals surface area contributed by atoms with E-state index in [-0.39, 0.29) is 16.9 Å². The molecule has 0 aliphatic heterocycles. The van der Waals surface area contributed by atoms with Crippen molar-refractivity contribution in [2.24, 2.45) is 0 Å². The molecule has 1 atom stereocenters. The maximum Gasteiger partial charge on any atom is 0.148 e. The van der Waals surface area contributed by atoms with Gasteiger partial charge in [-0.05, 0) is 63.0 Å². The second-order valence-electron chi connectivity index (χ2n) is 4.36. The van der Waals surface area contributed by atoms with E-state index in [1.54, 1.807) is 23.5 Å². The molecule has 0 spiro atoms. The number of hydrogen-bond donors (Lipinski definition) is 1. The first kappa shape index (κ1) is 16.4. The first-order valence-electron chi connectivity index (χ1n) is 6.08. The molecule has 0 saturated heterocycles. The van der Waals surface area contributed by atoms with Gasteiger partial charge in [0.15, 0.2) is 0 Å². The Hall–Kier alpha value is 0.0600. The van der Waals surface area contributed by atoms with Crippen LogP contribution in [0, 0.1) is 12.7 Å². The Labute approximate surface area is 143 Å². The summed E-state index contributed by atoms with van der Waals surface area (Å²) in [6, 6.07) is 5.42. The van der Waals surface area contributed by atoms with Crippen molar-refractivity contribution < 1.29 is 4.39 Å². The third-order valence-electron chi connectivity index (χ3n) is 2.95. The van der Waals surface area contributed by atoms with Gasteiger partial charge in [0.1, 0.15) is 5.82 Å². The predicted octanol–water partition coefficient (Wildman–Crippen LogP) is 6.07. The third kappa shape index (κ3) is 3.28. The van der Waals surface area contributed by atoms with E-state index in [1.165, 1.54) is 0 Å². The molecule has 0 bridgehead atoms. The van der Waals surface area contributed by atoms with Crippen molar-refractivity contribution >= 4 is 54.8 Å². The monoisotopic (exact) mass is 439 g/mol. The number of hydrogen-bond acceptors (Lipinski definition) is 2. The molecule has 1 unspecified atom stereocenters. The van der Waals surface area contributed by atoms with E-state index < -0.39 is 0 Å². The van der Waals surface area contributed by atoms with Gasteiger partial charge in [0.05, 0.1) is 14.9 Å². The molecule has 0 fully saturated rings. The minimum absolute atomic E-state index is 0.123. The molecule has 0 radical (unpaired) electrons. The largest absolute Gasteiger partial charge is 0.306 e. The molecule has 1 heterocycles. The molecule has 0 amide bonds. The fourth-order valence-corrected chi connectivity index (χ4v) is 4.10. The van der Waals surface area contributed by atoms with Crippen LogP contribution in [0.5, 0.6) is 0 Å². The molecule has 6 heteroatoms. The Morgan fingerprint density at radius 2 is 2.10 bits per heavy atom. The average molecular weight is 442 g/mol. The van der Waals surface area contributed by atoms with E-state index in [1.807, 2.05) is 13.8 Å². The summed E-state index contributed by atoms with van der Waals surface area (Å²) in [4.78, 5) is 1.06. The van der Waals surface area contributed by atoms with Gasteiger partial charge in [0.25, 0.3) is 0 Å². The number of nitrogens with one attached hydrogen (secondary N) is 1. The van der Waals surface area contributed by atoms with Crippen LogP contribution < -0.4 is 5.32 Å². The van der Waals surface area contributed by atoms with Crippen LogP contribution in [0.15, 0.2) is 26.5 Å². The van der Waals surface area contributed by atoms with Crippen LogP contribution in [0.25, 0.3) is 0 Å². The van der Waals surface area contributed by atoms with Gasteiger partial charge in [-0.15, -0.1) is 11.3 Å². The highest BCUT2D eigenvalue weighted by atomic mass is 79.9. The quantitative estimate of drug-likeness (QED) is 0.568. The van der Waals surface area contributed by atoms with E-state index in [9.17, 15) is 4.39 Å². The van der Waals surface area contributed by atoms with Crippen molar-refractivity contribution in [3.05, 3.63) is 53.3 Å². The van der Waals surface area contributed by atoms with E-state index in [2.05, 4.69) is 43.2 Å². The van der Waals surface area contributed by atoms with E-state index in [4.69, 9.17) is 11.6 Å². The standard InChI is InChI=1S/C14H13Br2ClFNS/c1-3-19-13(10-6-7(2)14(16)20-10)8-4-5-9(15)11(17)12(8)18/h4-6,13,19H,3H2,1-2H3. The van der Waals surface area contributed by atoms with Gasteiger partial charge in [-0.2, -0.15) is 0 Å². The summed E-state index contributed by atoms with van der Waals surface area (Å²) in [5.41, 5.74) is 1.71. The minimum Gasteiger partial charge on any atom is -0.306 e. The van der Waals surface area contributed by atoms with Crippen LogP contribution in [-0.4, -0.2) is 6.54 Å². The lowest BCUT2D eigenvalue weighted by atomic mass is 10.0. The van der Waals surface area contributed by atoms with E-state index in [0.29, 0.717) is 10.0 Å². The molecule has 1 nitrogen and oxygen atoms in total. The van der Waals surface area contributed by atoms with Crippen LogP contribution in [0.3, 0.4) is 0 Å². The van der Waals surface area contributed by atoms with Crippen molar-refractivity contribution in [2.75, 3.05) is 6.54 Å². The molecular formula is C14H13Br2ClFNS. The van der Waals surface area contributed by atoms with Crippen LogP contribution in [0.4, 0.5) is 4.39 Å². The van der Waals surface area contributed by atoms with Crippen molar-refractivity contribution in [3.63, 3.8) is 0 Å². The minimum atomic E-state index is -0.380. The maximum atomic E-state index is 14.4. The molecule has 2 aromatic rings. The van der Waals surface area contributed by atoms with Gasteiger partial charge in [0.2, 0.25) is 0 Å². The smallest absolute Gasteiger partial charge is 0.148 e. The Bertz CT molecular complexity index is 610. The molecule has 1 aromatic carbocycles. The lowest BCUT2D eigenvalue weighted by molar-refractivity contribution is 0.563. The lowest BCUT2D eigenvalue weighted by Gasteiger charge is -2.18. The number of halogens is 4. The summed E-state index contributed by atoms with van der Waals surface area (Å²) in [6.07, 6.45) is 0. The van der Waals surface area contributed by atoms with E-state index in [0.717, 1.165) is 20.8 Å². The van der Waals surface area contributed by atoms with Crippen molar-refractivity contribution in [3.8, 4) is 0 Å². The highest BCUT2D eigenvalue weighted by molar-refractivity contribution is 9.11. The number of rotatable bonds is 4. The summed E-state index contributed by atoms with van der Waals surface area (Å²) in [5.74, 6) is -0.380. The lowest BCUT2D eigenvalue weighted by Crippen LogP contribution is -2.22. The Morgan fingerprint density at radius 1 is 1.40 bits per heavy atom. The van der Waals surface area contributed by atoms with Gasteiger partial charge in [-0.3, -0.25) is 0 Å². The first-order chi connectivity index (χ1) is 9.45. The van der Waals surface area contributed by atoms with Crippen LogP contribution in [0.2, 0.25) is 5.02 Å². The Balaban J connectivity index is 2.51. The maximum absolute atomic E-state index is 14.4. The number of benzene rings is 1.